The summed E-state index contributed by atoms with van der Waals surface area (Å²) in [7, 11) is -1.74. The summed E-state index contributed by atoms with van der Waals surface area (Å²) >= 11 is 0. The highest BCUT2D eigenvalue weighted by molar-refractivity contribution is 6.74. The van der Waals surface area contributed by atoms with Crippen LogP contribution in [-0.2, 0) is 13.9 Å². The number of aliphatic hydroxyl groups excluding tert-OH is 1. The third-order valence-electron chi connectivity index (χ3n) is 6.46. The summed E-state index contributed by atoms with van der Waals surface area (Å²) in [5.41, 5.74) is -0.000390. The molecular formula is C23H48O4Si. The molecule has 2 unspecified atom stereocenters. The van der Waals surface area contributed by atoms with Crippen LogP contribution in [0.1, 0.15) is 86.5 Å². The Labute approximate surface area is 175 Å². The van der Waals surface area contributed by atoms with Crippen LogP contribution in [0.2, 0.25) is 18.1 Å². The molecule has 1 rings (SSSR count). The van der Waals surface area contributed by atoms with E-state index in [9.17, 15) is 5.11 Å². The second-order valence-electron chi connectivity index (χ2n) is 11.2. The van der Waals surface area contributed by atoms with Crippen molar-refractivity contribution in [2.45, 2.75) is 117 Å². The molecule has 0 radical (unpaired) electrons. The molecule has 1 N–H and O–H groups in total. The minimum atomic E-state index is -1.74. The van der Waals surface area contributed by atoms with Gasteiger partial charge in [-0.1, -0.05) is 41.5 Å². The summed E-state index contributed by atoms with van der Waals surface area (Å²) in [6.45, 7) is 20.4. The zero-order valence-electron chi connectivity index (χ0n) is 20.0. The highest BCUT2D eigenvalue weighted by Crippen LogP contribution is 2.38. The summed E-state index contributed by atoms with van der Waals surface area (Å²) < 4.78 is 17.8. The lowest BCUT2D eigenvalue weighted by molar-refractivity contribution is -0.164. The van der Waals surface area contributed by atoms with Crippen molar-refractivity contribution in [2.24, 2.45) is 11.3 Å². The van der Waals surface area contributed by atoms with Gasteiger partial charge in [-0.15, -0.1) is 0 Å². The van der Waals surface area contributed by atoms with Crippen molar-refractivity contribution in [3.8, 4) is 0 Å². The van der Waals surface area contributed by atoms with E-state index in [1.165, 1.54) is 6.42 Å². The minimum Gasteiger partial charge on any atom is -0.416 e. The predicted octanol–water partition coefficient (Wildman–Crippen LogP) is 6.14. The van der Waals surface area contributed by atoms with E-state index in [0.29, 0.717) is 5.92 Å². The molecule has 4 nitrogen and oxygen atoms in total. The van der Waals surface area contributed by atoms with Crippen molar-refractivity contribution in [3.05, 3.63) is 0 Å². The number of ether oxygens (including phenoxy) is 2. The summed E-state index contributed by atoms with van der Waals surface area (Å²) in [5.74, 6) is 0.560. The van der Waals surface area contributed by atoms with Crippen LogP contribution in [0.5, 0.6) is 0 Å². The molecule has 0 aromatic rings. The van der Waals surface area contributed by atoms with E-state index < -0.39 is 8.32 Å². The number of rotatable bonds is 12. The Morgan fingerprint density at radius 3 is 2.32 bits per heavy atom. The zero-order valence-corrected chi connectivity index (χ0v) is 21.0. The Morgan fingerprint density at radius 1 is 1.07 bits per heavy atom. The topological polar surface area (TPSA) is 47.9 Å². The van der Waals surface area contributed by atoms with Gasteiger partial charge in [0.25, 0.3) is 0 Å². The first-order valence-electron chi connectivity index (χ1n) is 11.4. The van der Waals surface area contributed by atoms with Gasteiger partial charge < -0.3 is 19.0 Å². The molecule has 0 aromatic carbocycles. The van der Waals surface area contributed by atoms with E-state index in [-0.39, 0.29) is 22.8 Å². The molecule has 0 aliphatic carbocycles. The normalized spacial score (nSPS) is 21.5. The standard InChI is InChI=1S/C23H48O4Si/c1-19(14-16-26-21-11-9-10-15-25-21)12-13-20(24)17-23(5,6)18-27-28(7,8)22(2,3)4/h19-21,24H,9-18H2,1-8H3/t19-,20?,21?/m0/s1. The molecule has 28 heavy (non-hydrogen) atoms. The highest BCUT2D eigenvalue weighted by Gasteiger charge is 2.38. The number of hydrogen-bond donors (Lipinski definition) is 1. The first-order chi connectivity index (χ1) is 12.8. The molecule has 0 amide bonds. The van der Waals surface area contributed by atoms with Crippen LogP contribution >= 0.6 is 0 Å². The van der Waals surface area contributed by atoms with Crippen LogP contribution in [0.3, 0.4) is 0 Å². The maximum absolute atomic E-state index is 10.6. The van der Waals surface area contributed by atoms with E-state index in [2.05, 4.69) is 54.6 Å². The number of aliphatic hydroxyl groups is 1. The summed E-state index contributed by atoms with van der Waals surface area (Å²) in [4.78, 5) is 0. The van der Waals surface area contributed by atoms with Gasteiger partial charge in [0.1, 0.15) is 0 Å². The van der Waals surface area contributed by atoms with Gasteiger partial charge in [-0.05, 0) is 74.4 Å². The maximum atomic E-state index is 10.6. The van der Waals surface area contributed by atoms with Gasteiger partial charge in [0, 0.05) is 19.8 Å². The fourth-order valence-electron chi connectivity index (χ4n) is 3.26. The Hall–Kier alpha value is 0.0569. The van der Waals surface area contributed by atoms with Crippen molar-refractivity contribution in [2.75, 3.05) is 19.8 Å². The van der Waals surface area contributed by atoms with Crippen molar-refractivity contribution in [1.29, 1.82) is 0 Å². The van der Waals surface area contributed by atoms with Crippen molar-refractivity contribution >= 4 is 8.32 Å². The molecule has 1 aliphatic rings. The Balaban J connectivity index is 2.23. The minimum absolute atomic E-state index is 0.000390. The molecule has 0 spiro atoms. The van der Waals surface area contributed by atoms with Crippen molar-refractivity contribution < 1.29 is 19.0 Å². The molecule has 3 atom stereocenters. The van der Waals surface area contributed by atoms with Gasteiger partial charge in [-0.25, -0.2) is 0 Å². The lowest BCUT2D eigenvalue weighted by Crippen LogP contribution is -2.43. The zero-order chi connectivity index (χ0) is 21.4. The second kappa shape index (κ2) is 11.4. The molecule has 1 aliphatic heterocycles. The third-order valence-corrected chi connectivity index (χ3v) is 10.9. The van der Waals surface area contributed by atoms with Crippen LogP contribution in [0.15, 0.2) is 0 Å². The van der Waals surface area contributed by atoms with E-state index in [0.717, 1.165) is 58.3 Å². The Bertz CT molecular complexity index is 425. The maximum Gasteiger partial charge on any atom is 0.192 e. The van der Waals surface area contributed by atoms with Crippen molar-refractivity contribution in [3.63, 3.8) is 0 Å². The highest BCUT2D eigenvalue weighted by atomic mass is 28.4. The van der Waals surface area contributed by atoms with Crippen LogP contribution in [0.4, 0.5) is 0 Å². The molecule has 0 saturated carbocycles. The molecule has 168 valence electrons. The van der Waals surface area contributed by atoms with Crippen molar-refractivity contribution in [1.82, 2.24) is 0 Å². The predicted molar refractivity (Wildman–Crippen MR) is 120 cm³/mol. The molecule has 1 saturated heterocycles. The van der Waals surface area contributed by atoms with Crippen LogP contribution in [0, 0.1) is 11.3 Å². The van der Waals surface area contributed by atoms with Crippen LogP contribution in [0.25, 0.3) is 0 Å². The Kier molecular flexibility index (Phi) is 10.7. The monoisotopic (exact) mass is 416 g/mol. The van der Waals surface area contributed by atoms with Gasteiger partial charge in [-0.3, -0.25) is 0 Å². The molecule has 5 heteroatoms. The molecule has 0 bridgehead atoms. The van der Waals surface area contributed by atoms with E-state index in [4.69, 9.17) is 13.9 Å². The fourth-order valence-corrected chi connectivity index (χ4v) is 4.44. The smallest absolute Gasteiger partial charge is 0.192 e. The van der Waals surface area contributed by atoms with E-state index >= 15 is 0 Å². The van der Waals surface area contributed by atoms with Gasteiger partial charge in [0.2, 0.25) is 0 Å². The van der Waals surface area contributed by atoms with Gasteiger partial charge in [0.05, 0.1) is 6.10 Å². The van der Waals surface area contributed by atoms with E-state index in [1.807, 2.05) is 0 Å². The molecule has 1 heterocycles. The van der Waals surface area contributed by atoms with Crippen LogP contribution < -0.4 is 0 Å². The van der Waals surface area contributed by atoms with Crippen LogP contribution in [-0.4, -0.2) is 45.6 Å². The lowest BCUT2D eigenvalue weighted by atomic mass is 9.85. The first-order valence-corrected chi connectivity index (χ1v) is 14.3. The molecule has 1 fully saturated rings. The van der Waals surface area contributed by atoms with Gasteiger partial charge in [0.15, 0.2) is 14.6 Å². The second-order valence-corrected chi connectivity index (χ2v) is 16.0. The molecular weight excluding hydrogens is 368 g/mol. The van der Waals surface area contributed by atoms with E-state index in [1.54, 1.807) is 0 Å². The fraction of sp³-hybridized carbons (Fsp3) is 1.00. The summed E-state index contributed by atoms with van der Waals surface area (Å²) in [5, 5.41) is 10.8. The largest absolute Gasteiger partial charge is 0.416 e. The molecule has 0 aromatic heterocycles. The quantitative estimate of drug-likeness (QED) is 0.388. The summed E-state index contributed by atoms with van der Waals surface area (Å²) in [6.07, 6.45) is 6.85. The first kappa shape index (κ1) is 26.1. The number of hydrogen-bond acceptors (Lipinski definition) is 4. The van der Waals surface area contributed by atoms with Gasteiger partial charge in [-0.2, -0.15) is 0 Å². The lowest BCUT2D eigenvalue weighted by Gasteiger charge is -2.39. The average Bonchev–Trinajstić information content (AvgIpc) is 2.58. The summed E-state index contributed by atoms with van der Waals surface area (Å²) in [6, 6.07) is 0. The SMILES string of the molecule is C[C@H](CCOC1CCCCO1)CCC(O)CC(C)(C)CO[Si](C)(C)C(C)(C)C. The average molecular weight is 417 g/mol. The Morgan fingerprint density at radius 2 is 1.75 bits per heavy atom. The van der Waals surface area contributed by atoms with Gasteiger partial charge >= 0.3 is 0 Å². The third kappa shape index (κ3) is 10.2.